The molecule has 64 heavy (non-hydrogen) atoms. The Bertz CT molecular complexity index is 1390. The number of rotatable bonds is 44. The summed E-state index contributed by atoms with van der Waals surface area (Å²) in [6.45, 7) is 6.29. The van der Waals surface area contributed by atoms with Gasteiger partial charge in [0.15, 0.2) is 6.10 Å². The molecule has 0 fully saturated rings. The molecule has 0 spiro atoms. The number of hydrogen-bond donors (Lipinski definition) is 0. The number of hydrogen-bond acceptors (Lipinski definition) is 6. The normalized spacial score (nSPS) is 13.1. The average Bonchev–Trinajstić information content (AvgIpc) is 3.29. The van der Waals surface area contributed by atoms with Gasteiger partial charge in [-0.2, -0.15) is 0 Å². The van der Waals surface area contributed by atoms with Crippen molar-refractivity contribution in [3.8, 4) is 0 Å². The van der Waals surface area contributed by atoms with E-state index in [0.717, 1.165) is 96.3 Å². The molecule has 0 heterocycles. The minimum Gasteiger partial charge on any atom is -0.462 e. The minimum absolute atomic E-state index is 0.120. The molecule has 0 aliphatic heterocycles. The Balaban J connectivity index is 4.58. The Hall–Kier alpha value is -4.19. The average molecular weight is 885 g/mol. The maximum absolute atomic E-state index is 12.8. The molecule has 0 saturated carbocycles. The van der Waals surface area contributed by atoms with Gasteiger partial charge in [0.1, 0.15) is 13.2 Å². The van der Waals surface area contributed by atoms with Crippen LogP contribution in [0, 0.1) is 0 Å². The van der Waals surface area contributed by atoms with Gasteiger partial charge in [-0.15, -0.1) is 0 Å². The van der Waals surface area contributed by atoms with Crippen LogP contribution in [0.5, 0.6) is 0 Å². The zero-order chi connectivity index (χ0) is 46.5. The fourth-order valence-corrected chi connectivity index (χ4v) is 6.46. The van der Waals surface area contributed by atoms with Crippen molar-refractivity contribution in [2.75, 3.05) is 13.2 Å². The predicted molar refractivity (Wildman–Crippen MR) is 274 cm³/mol. The third-order valence-corrected chi connectivity index (χ3v) is 10.2. The summed E-state index contributed by atoms with van der Waals surface area (Å²) in [4.78, 5) is 37.9. The van der Waals surface area contributed by atoms with Crippen molar-refractivity contribution in [2.24, 2.45) is 0 Å². The molecule has 0 aromatic carbocycles. The molecule has 0 amide bonds. The van der Waals surface area contributed by atoms with E-state index in [0.29, 0.717) is 19.3 Å². The van der Waals surface area contributed by atoms with Crippen molar-refractivity contribution in [2.45, 2.75) is 213 Å². The van der Waals surface area contributed by atoms with Gasteiger partial charge in [0.25, 0.3) is 0 Å². The van der Waals surface area contributed by atoms with Gasteiger partial charge in [0.2, 0.25) is 0 Å². The summed E-state index contributed by atoms with van der Waals surface area (Å²) in [6, 6.07) is 0. The fraction of sp³-hybridized carbons (Fsp3) is 0.603. The molecule has 0 saturated heterocycles. The van der Waals surface area contributed by atoms with Crippen molar-refractivity contribution in [3.63, 3.8) is 0 Å². The molecular weight excluding hydrogens is 793 g/mol. The molecule has 0 bridgehead atoms. The summed E-state index contributed by atoms with van der Waals surface area (Å²) in [5, 5.41) is 0. The second-order valence-corrected chi connectivity index (χ2v) is 16.3. The van der Waals surface area contributed by atoms with Crippen molar-refractivity contribution >= 4 is 17.9 Å². The highest BCUT2D eigenvalue weighted by atomic mass is 16.6. The molecule has 0 aromatic heterocycles. The molecule has 6 nitrogen and oxygen atoms in total. The van der Waals surface area contributed by atoms with Crippen LogP contribution in [-0.2, 0) is 28.6 Å². The maximum Gasteiger partial charge on any atom is 0.306 e. The van der Waals surface area contributed by atoms with Crippen molar-refractivity contribution in [1.29, 1.82) is 0 Å². The number of ether oxygens (including phenoxy) is 3. The smallest absolute Gasteiger partial charge is 0.306 e. The van der Waals surface area contributed by atoms with Crippen LogP contribution in [0.25, 0.3) is 0 Å². The quantitative estimate of drug-likeness (QED) is 0.0262. The number of unbranched alkanes of at least 4 members (excludes halogenated alkanes) is 13. The molecule has 360 valence electrons. The molecule has 0 radical (unpaired) electrons. The Morgan fingerprint density at radius 2 is 0.641 bits per heavy atom. The van der Waals surface area contributed by atoms with Crippen LogP contribution < -0.4 is 0 Å². The number of carbonyl (C=O) groups excluding carboxylic acids is 3. The zero-order valence-corrected chi connectivity index (χ0v) is 41.0. The Morgan fingerprint density at radius 1 is 0.328 bits per heavy atom. The topological polar surface area (TPSA) is 78.9 Å². The van der Waals surface area contributed by atoms with Gasteiger partial charge in [0, 0.05) is 19.3 Å². The SMILES string of the molecule is CC/C=C\C/C=C\C/C=C\C/C=C\C/C=C\C/C=C\CCC(=O)OCC(COC(=O)CCCCCCCCCCCCCC)OC(=O)CCCC/C=C\C/C=C\C/C=C\C/C=C\CC. The highest BCUT2D eigenvalue weighted by Gasteiger charge is 2.19. The molecular formula is C58H92O6. The summed E-state index contributed by atoms with van der Waals surface area (Å²) in [5.74, 6) is -1.06. The van der Waals surface area contributed by atoms with E-state index in [1.54, 1.807) is 0 Å². The first-order valence-corrected chi connectivity index (χ1v) is 25.5. The number of esters is 3. The van der Waals surface area contributed by atoms with E-state index in [2.05, 4.69) is 130 Å². The lowest BCUT2D eigenvalue weighted by molar-refractivity contribution is -0.166. The molecule has 6 heteroatoms. The fourth-order valence-electron chi connectivity index (χ4n) is 6.46. The van der Waals surface area contributed by atoms with Crippen molar-refractivity contribution in [1.82, 2.24) is 0 Å². The standard InChI is InChI=1S/C58H92O6/c1-4-7-10-13-16-19-22-25-27-28-29-30-32-33-36-39-42-45-48-51-57(60)63-54-55(53-62-56(59)50-47-44-41-38-35-24-21-18-15-12-9-6-3)64-58(61)52-49-46-43-40-37-34-31-26-23-20-17-14-11-8-5-2/h7-8,10-11,16-17,19-20,25-27,29-31,33,36-37,40,42,45,55H,4-6,9,12-15,18,21-24,28,32,34-35,38-39,41,43-44,46-54H2,1-3H3/b10-7-,11-8-,19-16-,20-17-,27-25-,30-29-,31-26-,36-33-,40-37-,45-42-. The molecule has 0 aliphatic rings. The van der Waals surface area contributed by atoms with Crippen molar-refractivity contribution in [3.05, 3.63) is 122 Å². The number of carbonyl (C=O) groups is 3. The van der Waals surface area contributed by atoms with Gasteiger partial charge in [-0.25, -0.2) is 0 Å². The molecule has 0 N–H and O–H groups in total. The van der Waals surface area contributed by atoms with E-state index in [4.69, 9.17) is 14.2 Å². The molecule has 0 aliphatic carbocycles. The first-order valence-electron chi connectivity index (χ1n) is 25.5. The Kier molecular flexibility index (Phi) is 48.1. The van der Waals surface area contributed by atoms with Gasteiger partial charge in [0.05, 0.1) is 0 Å². The molecule has 1 atom stereocenters. The summed E-state index contributed by atoms with van der Waals surface area (Å²) in [5.41, 5.74) is 0. The van der Waals surface area contributed by atoms with Crippen molar-refractivity contribution < 1.29 is 28.6 Å². The third kappa shape index (κ3) is 48.8. The lowest BCUT2D eigenvalue weighted by Gasteiger charge is -2.18. The predicted octanol–water partition coefficient (Wildman–Crippen LogP) is 16.9. The lowest BCUT2D eigenvalue weighted by atomic mass is 10.0. The van der Waals surface area contributed by atoms with E-state index in [1.807, 2.05) is 12.2 Å². The molecule has 0 aromatic rings. The van der Waals surface area contributed by atoms with Gasteiger partial charge in [-0.1, -0.05) is 213 Å². The van der Waals surface area contributed by atoms with Crippen LogP contribution in [0.15, 0.2) is 122 Å². The molecule has 1 unspecified atom stereocenters. The monoisotopic (exact) mass is 885 g/mol. The third-order valence-electron chi connectivity index (χ3n) is 10.2. The summed E-state index contributed by atoms with van der Waals surface area (Å²) in [7, 11) is 0. The van der Waals surface area contributed by atoms with Crippen LogP contribution in [-0.4, -0.2) is 37.2 Å². The first-order chi connectivity index (χ1) is 31.5. The van der Waals surface area contributed by atoms with Crippen LogP contribution in [0.1, 0.15) is 207 Å². The summed E-state index contributed by atoms with van der Waals surface area (Å²) >= 11 is 0. The largest absolute Gasteiger partial charge is 0.462 e. The second-order valence-electron chi connectivity index (χ2n) is 16.3. The zero-order valence-electron chi connectivity index (χ0n) is 41.0. The van der Waals surface area contributed by atoms with Gasteiger partial charge in [-0.05, 0) is 96.3 Å². The summed E-state index contributed by atoms with van der Waals surface area (Å²) < 4.78 is 16.7. The van der Waals surface area contributed by atoms with E-state index in [9.17, 15) is 14.4 Å². The van der Waals surface area contributed by atoms with E-state index in [-0.39, 0.29) is 44.0 Å². The van der Waals surface area contributed by atoms with Crippen LogP contribution in [0.2, 0.25) is 0 Å². The maximum atomic E-state index is 12.8. The highest BCUT2D eigenvalue weighted by molar-refractivity contribution is 5.71. The Morgan fingerprint density at radius 3 is 1.05 bits per heavy atom. The molecule has 0 rings (SSSR count). The van der Waals surface area contributed by atoms with Gasteiger partial charge < -0.3 is 14.2 Å². The van der Waals surface area contributed by atoms with Gasteiger partial charge >= 0.3 is 17.9 Å². The Labute approximate surface area is 392 Å². The minimum atomic E-state index is -0.831. The highest BCUT2D eigenvalue weighted by Crippen LogP contribution is 2.13. The van der Waals surface area contributed by atoms with E-state index in [1.165, 1.54) is 57.8 Å². The van der Waals surface area contributed by atoms with Crippen LogP contribution in [0.4, 0.5) is 0 Å². The van der Waals surface area contributed by atoms with Crippen LogP contribution >= 0.6 is 0 Å². The van der Waals surface area contributed by atoms with Crippen LogP contribution in [0.3, 0.4) is 0 Å². The second kappa shape index (κ2) is 51.4. The van der Waals surface area contributed by atoms with E-state index >= 15 is 0 Å². The lowest BCUT2D eigenvalue weighted by Crippen LogP contribution is -2.30. The van der Waals surface area contributed by atoms with E-state index < -0.39 is 6.10 Å². The summed E-state index contributed by atoms with van der Waals surface area (Å²) in [6.07, 6.45) is 70.5. The van der Waals surface area contributed by atoms with Gasteiger partial charge in [-0.3, -0.25) is 14.4 Å². The first kappa shape index (κ1) is 59.8. The number of allylic oxidation sites excluding steroid dienone is 20.